The summed E-state index contributed by atoms with van der Waals surface area (Å²) in [6, 6.07) is 17.4. The van der Waals surface area contributed by atoms with Crippen LogP contribution in [-0.2, 0) is 11.2 Å². The number of halogens is 1. The molecule has 0 saturated heterocycles. The van der Waals surface area contributed by atoms with Gasteiger partial charge in [-0.3, -0.25) is 14.2 Å². The highest BCUT2D eigenvalue weighted by atomic mass is 127. The van der Waals surface area contributed by atoms with Gasteiger partial charge in [-0.25, -0.2) is 0 Å². The first kappa shape index (κ1) is 21.5. The van der Waals surface area contributed by atoms with Crippen molar-refractivity contribution in [1.29, 1.82) is 0 Å². The summed E-state index contributed by atoms with van der Waals surface area (Å²) in [7, 11) is 0. The molecule has 0 spiro atoms. The number of aryl methyl sites for hydroxylation is 1. The summed E-state index contributed by atoms with van der Waals surface area (Å²) in [5, 5.41) is 12.1. The van der Waals surface area contributed by atoms with Crippen LogP contribution in [0.4, 0.5) is 0 Å². The number of ketones is 1. The Morgan fingerprint density at radius 1 is 1.07 bits per heavy atom. The van der Waals surface area contributed by atoms with Crippen LogP contribution in [0.1, 0.15) is 29.5 Å². The summed E-state index contributed by atoms with van der Waals surface area (Å²) in [6.07, 6.45) is 1.44. The lowest BCUT2D eigenvalue weighted by atomic mass is 10.2. The zero-order valence-electron chi connectivity index (χ0n) is 16.0. The number of nitrogens with zero attached hydrogens (tertiary/aromatic N) is 3. The number of aromatic nitrogens is 3. The molecule has 1 amide bonds. The topological polar surface area (TPSA) is 76.9 Å². The Morgan fingerprint density at radius 2 is 1.79 bits per heavy atom. The van der Waals surface area contributed by atoms with Gasteiger partial charge in [0.15, 0.2) is 10.9 Å². The third kappa shape index (κ3) is 6.14. The molecule has 1 aromatic heterocycles. The normalized spacial score (nSPS) is 10.7. The molecule has 0 radical (unpaired) electrons. The van der Waals surface area contributed by atoms with Gasteiger partial charge in [0, 0.05) is 34.7 Å². The first-order valence-electron chi connectivity index (χ1n) is 9.20. The number of carbonyl (C=O) groups is 2. The van der Waals surface area contributed by atoms with Gasteiger partial charge in [0.2, 0.25) is 5.91 Å². The van der Waals surface area contributed by atoms with Crippen LogP contribution in [-0.4, -0.2) is 38.8 Å². The molecule has 0 aliphatic rings. The molecule has 0 saturated carbocycles. The fraction of sp³-hybridized carbons (Fsp3) is 0.238. The number of carbonyl (C=O) groups excluding carboxylic acids is 2. The van der Waals surface area contributed by atoms with E-state index >= 15 is 0 Å². The predicted octanol–water partition coefficient (Wildman–Crippen LogP) is 3.92. The van der Waals surface area contributed by atoms with Crippen molar-refractivity contribution in [3.05, 3.63) is 69.6 Å². The van der Waals surface area contributed by atoms with E-state index in [-0.39, 0.29) is 17.4 Å². The molecule has 1 heterocycles. The van der Waals surface area contributed by atoms with E-state index in [1.807, 2.05) is 59.2 Å². The van der Waals surface area contributed by atoms with Crippen molar-refractivity contribution < 1.29 is 9.59 Å². The molecule has 0 fully saturated rings. The van der Waals surface area contributed by atoms with Crippen LogP contribution in [0.2, 0.25) is 0 Å². The van der Waals surface area contributed by atoms with Gasteiger partial charge in [-0.2, -0.15) is 0 Å². The second-order valence-corrected chi connectivity index (χ2v) is 8.56. The second-order valence-electron chi connectivity index (χ2n) is 6.38. The molecule has 0 aliphatic carbocycles. The van der Waals surface area contributed by atoms with Crippen LogP contribution in [0, 0.1) is 3.57 Å². The third-order valence-corrected chi connectivity index (χ3v) is 5.81. The predicted molar refractivity (Wildman–Crippen MR) is 123 cm³/mol. The zero-order chi connectivity index (χ0) is 20.6. The number of rotatable bonds is 9. The lowest BCUT2D eigenvalue weighted by Gasteiger charge is -2.10. The first-order valence-corrected chi connectivity index (χ1v) is 11.3. The summed E-state index contributed by atoms with van der Waals surface area (Å²) in [5.41, 5.74) is 1.65. The van der Waals surface area contributed by atoms with E-state index in [9.17, 15) is 9.59 Å². The summed E-state index contributed by atoms with van der Waals surface area (Å²) in [6.45, 7) is 2.09. The molecule has 1 N–H and O–H groups in total. The monoisotopic (exact) mass is 520 g/mol. The van der Waals surface area contributed by atoms with Crippen molar-refractivity contribution >= 4 is 46.0 Å². The number of benzene rings is 2. The van der Waals surface area contributed by atoms with E-state index in [1.54, 1.807) is 0 Å². The quantitative estimate of drug-likeness (QED) is 0.200. The van der Waals surface area contributed by atoms with Crippen LogP contribution in [0.25, 0.3) is 5.69 Å². The van der Waals surface area contributed by atoms with E-state index in [4.69, 9.17) is 0 Å². The highest BCUT2D eigenvalue weighted by Crippen LogP contribution is 2.23. The van der Waals surface area contributed by atoms with E-state index in [0.29, 0.717) is 23.7 Å². The Labute approximate surface area is 187 Å². The number of amides is 1. The molecule has 0 atom stereocenters. The number of Topliss-reactive ketones (excluding diaryl/α,β-unsaturated/α-hetero) is 1. The van der Waals surface area contributed by atoms with Crippen LogP contribution in [0.3, 0.4) is 0 Å². The molecule has 0 unspecified atom stereocenters. The van der Waals surface area contributed by atoms with E-state index < -0.39 is 0 Å². The maximum atomic E-state index is 12.5. The minimum absolute atomic E-state index is 0.0418. The van der Waals surface area contributed by atoms with Gasteiger partial charge in [-0.05, 0) is 53.3 Å². The number of hydrogen-bond donors (Lipinski definition) is 1. The molecule has 2 aromatic carbocycles. The lowest BCUT2D eigenvalue weighted by Crippen LogP contribution is -2.21. The second kappa shape index (κ2) is 10.5. The van der Waals surface area contributed by atoms with Gasteiger partial charge in [-0.1, -0.05) is 42.1 Å². The Bertz CT molecular complexity index is 974. The lowest BCUT2D eigenvalue weighted by molar-refractivity contribution is -0.118. The van der Waals surface area contributed by atoms with Gasteiger partial charge >= 0.3 is 0 Å². The van der Waals surface area contributed by atoms with Crippen molar-refractivity contribution in [3.8, 4) is 5.69 Å². The largest absolute Gasteiger partial charge is 0.356 e. The van der Waals surface area contributed by atoms with E-state index in [1.165, 1.54) is 18.7 Å². The van der Waals surface area contributed by atoms with Gasteiger partial charge < -0.3 is 5.32 Å². The van der Waals surface area contributed by atoms with Gasteiger partial charge in [0.25, 0.3) is 0 Å². The van der Waals surface area contributed by atoms with Gasteiger partial charge in [-0.15, -0.1) is 10.2 Å². The molecule has 150 valence electrons. The summed E-state index contributed by atoms with van der Waals surface area (Å²) >= 11 is 3.60. The number of hydrogen-bond acceptors (Lipinski definition) is 5. The summed E-state index contributed by atoms with van der Waals surface area (Å²) in [4.78, 5) is 23.6. The SMILES string of the molecule is CC(=O)NCCCc1nnc(SCC(=O)c2ccc(I)cc2)n1-c1ccccc1. The van der Waals surface area contributed by atoms with Crippen molar-refractivity contribution in [2.24, 2.45) is 0 Å². The minimum atomic E-state index is -0.0418. The number of para-hydroxylation sites is 1. The number of nitrogens with one attached hydrogen (secondary N) is 1. The van der Waals surface area contributed by atoms with Crippen LogP contribution >= 0.6 is 34.4 Å². The third-order valence-electron chi connectivity index (χ3n) is 4.16. The average Bonchev–Trinajstić information content (AvgIpc) is 3.13. The van der Waals surface area contributed by atoms with Crippen molar-refractivity contribution in [3.63, 3.8) is 0 Å². The van der Waals surface area contributed by atoms with Crippen LogP contribution < -0.4 is 5.32 Å². The maximum absolute atomic E-state index is 12.5. The smallest absolute Gasteiger partial charge is 0.216 e. The average molecular weight is 520 g/mol. The molecule has 3 aromatic rings. The first-order chi connectivity index (χ1) is 14.0. The molecule has 29 heavy (non-hydrogen) atoms. The molecule has 6 nitrogen and oxygen atoms in total. The highest BCUT2D eigenvalue weighted by molar-refractivity contribution is 14.1. The molecule has 0 bridgehead atoms. The highest BCUT2D eigenvalue weighted by Gasteiger charge is 2.16. The summed E-state index contributed by atoms with van der Waals surface area (Å²) < 4.78 is 3.08. The summed E-state index contributed by atoms with van der Waals surface area (Å²) in [5.74, 6) is 1.11. The molecule has 0 aliphatic heterocycles. The zero-order valence-corrected chi connectivity index (χ0v) is 18.9. The van der Waals surface area contributed by atoms with Crippen molar-refractivity contribution in [2.75, 3.05) is 12.3 Å². The Morgan fingerprint density at radius 3 is 2.48 bits per heavy atom. The molecule has 3 rings (SSSR count). The van der Waals surface area contributed by atoms with Gasteiger partial charge in [0.1, 0.15) is 5.82 Å². The van der Waals surface area contributed by atoms with Crippen molar-refractivity contribution in [1.82, 2.24) is 20.1 Å². The Kier molecular flexibility index (Phi) is 7.82. The standard InChI is InChI=1S/C21H21IN4O2S/c1-15(27)23-13-5-8-20-24-25-21(26(20)18-6-3-2-4-7-18)29-14-19(28)16-9-11-17(22)12-10-16/h2-4,6-7,9-12H,5,8,13-14H2,1H3,(H,23,27). The van der Waals surface area contributed by atoms with E-state index in [2.05, 4.69) is 38.1 Å². The Balaban J connectivity index is 1.74. The molecular formula is C21H21IN4O2S. The van der Waals surface area contributed by atoms with E-state index in [0.717, 1.165) is 21.5 Å². The molecule has 8 heteroatoms. The van der Waals surface area contributed by atoms with Gasteiger partial charge in [0.05, 0.1) is 5.75 Å². The fourth-order valence-electron chi connectivity index (χ4n) is 2.75. The van der Waals surface area contributed by atoms with Crippen LogP contribution in [0.5, 0.6) is 0 Å². The fourth-order valence-corrected chi connectivity index (χ4v) is 3.98. The van der Waals surface area contributed by atoms with Crippen molar-refractivity contribution in [2.45, 2.75) is 24.9 Å². The maximum Gasteiger partial charge on any atom is 0.216 e. The number of thioether (sulfide) groups is 1. The van der Waals surface area contributed by atoms with Crippen LogP contribution in [0.15, 0.2) is 59.8 Å². The minimum Gasteiger partial charge on any atom is -0.356 e. The molecular weight excluding hydrogens is 499 g/mol. The Hall–Kier alpha value is -2.20.